The van der Waals surface area contributed by atoms with Gasteiger partial charge in [-0.2, -0.15) is 0 Å². The fourth-order valence-corrected chi connectivity index (χ4v) is 2.84. The van der Waals surface area contributed by atoms with E-state index in [1.54, 1.807) is 19.2 Å². The summed E-state index contributed by atoms with van der Waals surface area (Å²) in [4.78, 5) is 27.0. The monoisotopic (exact) mass is 337 g/mol. The second kappa shape index (κ2) is 7.71. The standard InChI is InChI=1S/C20H19NO4/c1-24-16-9-4-6-14(12-16)7-5-11-25-20(23)17-13-15-8-2-3-10-18(15)21-19(17)22/h4,6,9,12-13H,2-3,8,10-11H2,1H3,(H,21,22). The summed E-state index contributed by atoms with van der Waals surface area (Å²) in [5, 5.41) is 0. The molecule has 128 valence electrons. The van der Waals surface area contributed by atoms with Crippen LogP contribution in [0.2, 0.25) is 0 Å². The van der Waals surface area contributed by atoms with Crippen molar-refractivity contribution in [3.8, 4) is 17.6 Å². The van der Waals surface area contributed by atoms with Gasteiger partial charge >= 0.3 is 5.97 Å². The second-order valence-corrected chi connectivity index (χ2v) is 5.83. The lowest BCUT2D eigenvalue weighted by Crippen LogP contribution is -2.23. The van der Waals surface area contributed by atoms with Crippen molar-refractivity contribution in [2.75, 3.05) is 13.7 Å². The minimum atomic E-state index is -0.644. The molecule has 0 spiro atoms. The van der Waals surface area contributed by atoms with Gasteiger partial charge < -0.3 is 14.5 Å². The summed E-state index contributed by atoms with van der Waals surface area (Å²) in [7, 11) is 1.59. The van der Waals surface area contributed by atoms with Gasteiger partial charge in [0.2, 0.25) is 0 Å². The molecule has 0 amide bonds. The number of nitrogens with one attached hydrogen (secondary N) is 1. The molecule has 1 aliphatic rings. The predicted octanol–water partition coefficient (Wildman–Crippen LogP) is 2.47. The zero-order valence-corrected chi connectivity index (χ0v) is 14.1. The van der Waals surface area contributed by atoms with Crippen LogP contribution in [0.5, 0.6) is 5.75 Å². The van der Waals surface area contributed by atoms with Crippen LogP contribution in [-0.2, 0) is 17.6 Å². The van der Waals surface area contributed by atoms with E-state index < -0.39 is 11.5 Å². The maximum absolute atomic E-state index is 12.1. The molecule has 0 atom stereocenters. The first-order chi connectivity index (χ1) is 12.2. The molecule has 0 saturated heterocycles. The van der Waals surface area contributed by atoms with Crippen LogP contribution in [0.15, 0.2) is 35.1 Å². The minimum Gasteiger partial charge on any atom is -0.497 e. The molecule has 3 rings (SSSR count). The number of aromatic nitrogens is 1. The number of aromatic amines is 1. The van der Waals surface area contributed by atoms with Gasteiger partial charge in [-0.15, -0.1) is 0 Å². The summed E-state index contributed by atoms with van der Waals surface area (Å²) in [6, 6.07) is 8.95. The molecule has 1 heterocycles. The summed E-state index contributed by atoms with van der Waals surface area (Å²) in [6.07, 6.45) is 3.86. The number of carbonyl (C=O) groups is 1. The summed E-state index contributed by atoms with van der Waals surface area (Å²) >= 11 is 0. The molecule has 1 aliphatic carbocycles. The molecule has 1 aromatic heterocycles. The largest absolute Gasteiger partial charge is 0.497 e. The first kappa shape index (κ1) is 16.8. The van der Waals surface area contributed by atoms with E-state index >= 15 is 0 Å². The molecule has 0 aliphatic heterocycles. The summed E-state index contributed by atoms with van der Waals surface area (Å²) in [5.41, 5.74) is 2.38. The highest BCUT2D eigenvalue weighted by atomic mass is 16.5. The van der Waals surface area contributed by atoms with Gasteiger partial charge in [-0.05, 0) is 55.5 Å². The van der Waals surface area contributed by atoms with Crippen LogP contribution in [0.25, 0.3) is 0 Å². The second-order valence-electron chi connectivity index (χ2n) is 5.83. The third-order valence-corrected chi connectivity index (χ3v) is 4.14. The smallest absolute Gasteiger partial charge is 0.344 e. The van der Waals surface area contributed by atoms with Crippen molar-refractivity contribution in [2.24, 2.45) is 0 Å². The lowest BCUT2D eigenvalue weighted by atomic mass is 9.95. The Kier molecular flexibility index (Phi) is 5.20. The normalized spacial score (nSPS) is 12.5. The molecular weight excluding hydrogens is 318 g/mol. The van der Waals surface area contributed by atoms with Crippen molar-refractivity contribution in [1.82, 2.24) is 4.98 Å². The van der Waals surface area contributed by atoms with Gasteiger partial charge in [-0.1, -0.05) is 17.9 Å². The number of methoxy groups -OCH3 is 1. The van der Waals surface area contributed by atoms with Crippen LogP contribution < -0.4 is 10.3 Å². The Morgan fingerprint density at radius 2 is 2.08 bits per heavy atom. The molecule has 5 nitrogen and oxygen atoms in total. The highest BCUT2D eigenvalue weighted by Gasteiger charge is 2.17. The number of aryl methyl sites for hydroxylation is 2. The van der Waals surface area contributed by atoms with Gasteiger partial charge in [0.05, 0.1) is 7.11 Å². The van der Waals surface area contributed by atoms with Crippen molar-refractivity contribution in [3.05, 3.63) is 63.1 Å². The van der Waals surface area contributed by atoms with Crippen LogP contribution >= 0.6 is 0 Å². The number of ether oxygens (including phenoxy) is 2. The van der Waals surface area contributed by atoms with Crippen LogP contribution in [0.4, 0.5) is 0 Å². The van der Waals surface area contributed by atoms with Crippen LogP contribution in [0.1, 0.15) is 40.0 Å². The zero-order valence-electron chi connectivity index (χ0n) is 14.1. The van der Waals surface area contributed by atoms with Gasteiger partial charge in [0.1, 0.15) is 11.3 Å². The molecule has 0 unspecified atom stereocenters. The summed E-state index contributed by atoms with van der Waals surface area (Å²) < 4.78 is 10.2. The molecular formula is C20H19NO4. The number of H-pyrrole nitrogens is 1. The van der Waals surface area contributed by atoms with Gasteiger partial charge in [0.15, 0.2) is 6.61 Å². The molecule has 25 heavy (non-hydrogen) atoms. The van der Waals surface area contributed by atoms with E-state index in [-0.39, 0.29) is 12.2 Å². The van der Waals surface area contributed by atoms with Crippen molar-refractivity contribution in [2.45, 2.75) is 25.7 Å². The summed E-state index contributed by atoms with van der Waals surface area (Å²) in [5.74, 6) is 5.74. The maximum atomic E-state index is 12.1. The fraction of sp³-hybridized carbons (Fsp3) is 0.300. The fourth-order valence-electron chi connectivity index (χ4n) is 2.84. The van der Waals surface area contributed by atoms with Crippen LogP contribution in [0.3, 0.4) is 0 Å². The molecule has 1 N–H and O–H groups in total. The van der Waals surface area contributed by atoms with Crippen LogP contribution in [0, 0.1) is 11.8 Å². The third kappa shape index (κ3) is 4.10. The van der Waals surface area contributed by atoms with Gasteiger partial charge in [-0.25, -0.2) is 4.79 Å². The Hall–Kier alpha value is -3.00. The average molecular weight is 337 g/mol. The number of hydrogen-bond donors (Lipinski definition) is 1. The first-order valence-electron chi connectivity index (χ1n) is 8.22. The molecule has 0 radical (unpaired) electrons. The first-order valence-corrected chi connectivity index (χ1v) is 8.22. The number of benzene rings is 1. The molecule has 1 aromatic carbocycles. The van der Waals surface area contributed by atoms with E-state index in [0.29, 0.717) is 5.75 Å². The lowest BCUT2D eigenvalue weighted by molar-refractivity contribution is 0.0554. The Morgan fingerprint density at radius 1 is 1.24 bits per heavy atom. The van der Waals surface area contributed by atoms with E-state index in [1.807, 2.05) is 18.2 Å². The van der Waals surface area contributed by atoms with E-state index in [4.69, 9.17) is 9.47 Å². The van der Waals surface area contributed by atoms with Gasteiger partial charge in [0, 0.05) is 11.3 Å². The highest BCUT2D eigenvalue weighted by molar-refractivity contribution is 5.89. The highest BCUT2D eigenvalue weighted by Crippen LogP contribution is 2.18. The number of carbonyl (C=O) groups excluding carboxylic acids is 1. The van der Waals surface area contributed by atoms with E-state index in [2.05, 4.69) is 16.8 Å². The Balaban J connectivity index is 1.65. The van der Waals surface area contributed by atoms with Crippen molar-refractivity contribution in [1.29, 1.82) is 0 Å². The van der Waals surface area contributed by atoms with Crippen molar-refractivity contribution < 1.29 is 14.3 Å². The maximum Gasteiger partial charge on any atom is 0.344 e. The van der Waals surface area contributed by atoms with Gasteiger partial charge in [-0.3, -0.25) is 4.79 Å². The number of rotatable bonds is 3. The van der Waals surface area contributed by atoms with Crippen molar-refractivity contribution >= 4 is 5.97 Å². The Bertz CT molecular complexity index is 902. The molecule has 5 heteroatoms. The Morgan fingerprint density at radius 3 is 2.92 bits per heavy atom. The van der Waals surface area contributed by atoms with Crippen molar-refractivity contribution in [3.63, 3.8) is 0 Å². The zero-order chi connectivity index (χ0) is 17.6. The number of fused-ring (bicyclic) bond motifs is 1. The molecule has 2 aromatic rings. The molecule has 0 fully saturated rings. The SMILES string of the molecule is COc1cccc(C#CCOC(=O)c2cc3c([nH]c2=O)CCCC3)c1. The van der Waals surface area contributed by atoms with Gasteiger partial charge in [0.25, 0.3) is 5.56 Å². The quantitative estimate of drug-likeness (QED) is 0.690. The number of esters is 1. The topological polar surface area (TPSA) is 68.4 Å². The minimum absolute atomic E-state index is 0.0452. The molecule has 0 bridgehead atoms. The molecule has 0 saturated carbocycles. The van der Waals surface area contributed by atoms with E-state index in [1.165, 1.54) is 0 Å². The predicted molar refractivity (Wildman–Crippen MR) is 93.9 cm³/mol. The van der Waals surface area contributed by atoms with E-state index in [9.17, 15) is 9.59 Å². The number of pyridine rings is 1. The summed E-state index contributed by atoms with van der Waals surface area (Å²) in [6.45, 7) is -0.0768. The van der Waals surface area contributed by atoms with E-state index in [0.717, 1.165) is 42.5 Å². The average Bonchev–Trinajstić information content (AvgIpc) is 2.64. The Labute approximate surface area is 146 Å². The lowest BCUT2D eigenvalue weighted by Gasteiger charge is -2.15. The number of hydrogen-bond acceptors (Lipinski definition) is 4. The van der Waals surface area contributed by atoms with Crippen LogP contribution in [-0.4, -0.2) is 24.7 Å². The third-order valence-electron chi connectivity index (χ3n) is 4.14.